The van der Waals surface area contributed by atoms with Gasteiger partial charge in [0.25, 0.3) is 0 Å². The van der Waals surface area contributed by atoms with Crippen molar-refractivity contribution in [1.82, 2.24) is 0 Å². The molecule has 0 N–H and O–H groups in total. The molecule has 0 aromatic rings. The largest absolute Gasteiger partial charge is 0.415 e. The van der Waals surface area contributed by atoms with Gasteiger partial charge in [0, 0.05) is 12.2 Å². The predicted octanol–water partition coefficient (Wildman–Crippen LogP) is 8.11. The molecule has 0 aromatic carbocycles. The maximum Gasteiger partial charge on any atom is 0.184 e. The molecule has 0 heterocycles. The summed E-state index contributed by atoms with van der Waals surface area (Å²) in [5.41, 5.74) is 1.09. The second kappa shape index (κ2) is 8.24. The van der Waals surface area contributed by atoms with Crippen LogP contribution in [0.4, 0.5) is 0 Å². The van der Waals surface area contributed by atoms with Crippen LogP contribution in [-0.4, -0.2) is 28.8 Å². The van der Waals surface area contributed by atoms with Gasteiger partial charge < -0.3 is 8.85 Å². The fourth-order valence-corrected chi connectivity index (χ4v) is 11.8. The summed E-state index contributed by atoms with van der Waals surface area (Å²) >= 11 is 0. The van der Waals surface area contributed by atoms with Crippen LogP contribution in [0.1, 0.15) is 78.6 Å². The highest BCUT2D eigenvalue weighted by Crippen LogP contribution is 2.68. The molecule has 2 nitrogen and oxygen atoms in total. The van der Waals surface area contributed by atoms with E-state index in [0.29, 0.717) is 23.0 Å². The van der Waals surface area contributed by atoms with Crippen molar-refractivity contribution in [2.45, 2.75) is 130 Å². The smallest absolute Gasteiger partial charge is 0.184 e. The first-order chi connectivity index (χ1) is 14.2. The summed E-state index contributed by atoms with van der Waals surface area (Å²) < 4.78 is 13.3. The van der Waals surface area contributed by atoms with Gasteiger partial charge in [-0.3, -0.25) is 0 Å². The summed E-state index contributed by atoms with van der Waals surface area (Å²) in [5.74, 6) is 4.55. The molecule has 0 saturated heterocycles. The molecule has 4 aliphatic rings. The van der Waals surface area contributed by atoms with E-state index in [1.54, 1.807) is 0 Å². The van der Waals surface area contributed by atoms with Crippen LogP contribution in [0, 0.1) is 40.4 Å². The summed E-state index contributed by atoms with van der Waals surface area (Å²) in [4.78, 5) is 0. The van der Waals surface area contributed by atoms with Crippen LogP contribution < -0.4 is 0 Å². The zero-order valence-corrected chi connectivity index (χ0v) is 24.2. The van der Waals surface area contributed by atoms with E-state index in [-0.39, 0.29) is 0 Å². The second-order valence-electron chi connectivity index (χ2n) is 14.4. The van der Waals surface area contributed by atoms with Crippen molar-refractivity contribution in [2.75, 3.05) is 0 Å². The highest BCUT2D eigenvalue weighted by molar-refractivity contribution is 6.70. The molecule has 4 rings (SSSR count). The molecule has 4 heteroatoms. The average Bonchev–Trinajstić information content (AvgIpc) is 2.97. The third-order valence-corrected chi connectivity index (χ3v) is 12.4. The van der Waals surface area contributed by atoms with Gasteiger partial charge >= 0.3 is 0 Å². The van der Waals surface area contributed by atoms with E-state index in [0.717, 1.165) is 29.6 Å². The van der Waals surface area contributed by atoms with Gasteiger partial charge in [-0.25, -0.2) is 0 Å². The monoisotopic (exact) mass is 464 g/mol. The van der Waals surface area contributed by atoms with Gasteiger partial charge in [-0.15, -0.1) is 0 Å². The number of hydrogen-bond acceptors (Lipinski definition) is 2. The van der Waals surface area contributed by atoms with Gasteiger partial charge in [-0.1, -0.05) is 13.8 Å². The zero-order chi connectivity index (χ0) is 22.8. The van der Waals surface area contributed by atoms with Gasteiger partial charge in [0.05, 0.1) is 0 Å². The maximum atomic E-state index is 6.66. The Morgan fingerprint density at radius 1 is 0.742 bits per heavy atom. The van der Waals surface area contributed by atoms with Crippen molar-refractivity contribution < 1.29 is 8.85 Å². The number of rotatable bonds is 5. The quantitative estimate of drug-likeness (QED) is 0.382. The van der Waals surface area contributed by atoms with Gasteiger partial charge in [0.15, 0.2) is 16.6 Å². The van der Waals surface area contributed by atoms with Crippen LogP contribution in [0.5, 0.6) is 0 Å². The Balaban J connectivity index is 1.48. The number of fused-ring (bicyclic) bond motifs is 5. The molecule has 180 valence electrons. The molecule has 0 radical (unpaired) electrons. The summed E-state index contributed by atoms with van der Waals surface area (Å²) in [6.45, 7) is 21.9. The molecule has 4 saturated carbocycles. The summed E-state index contributed by atoms with van der Waals surface area (Å²) in [6, 6.07) is 0. The SMILES string of the molecule is C[C@H](O[Si](C)(C)C)[C@H]1CCC2C3CC[C@H]4C[C@@H](O[Si](C)(C)C)CC[C@]4(C)C3CC[C@@]21C. The predicted molar refractivity (Wildman–Crippen MR) is 137 cm³/mol. The molecule has 31 heavy (non-hydrogen) atoms. The third-order valence-electron chi connectivity index (χ3n) is 10.3. The molecule has 3 unspecified atom stereocenters. The fraction of sp³-hybridized carbons (Fsp3) is 1.00. The molecule has 0 spiro atoms. The van der Waals surface area contributed by atoms with E-state index in [4.69, 9.17) is 8.85 Å². The van der Waals surface area contributed by atoms with Crippen molar-refractivity contribution in [3.63, 3.8) is 0 Å². The lowest BCUT2D eigenvalue weighted by Crippen LogP contribution is -2.55. The zero-order valence-electron chi connectivity index (χ0n) is 22.2. The summed E-state index contributed by atoms with van der Waals surface area (Å²) in [7, 11) is -2.91. The molecular weight excluding hydrogens is 412 g/mol. The highest BCUT2D eigenvalue weighted by atomic mass is 28.4. The van der Waals surface area contributed by atoms with Crippen LogP contribution in [0.15, 0.2) is 0 Å². The lowest BCUT2D eigenvalue weighted by Gasteiger charge is -2.61. The first-order valence-corrected chi connectivity index (χ1v) is 20.4. The van der Waals surface area contributed by atoms with Gasteiger partial charge in [-0.2, -0.15) is 0 Å². The van der Waals surface area contributed by atoms with E-state index in [1.165, 1.54) is 57.8 Å². The van der Waals surface area contributed by atoms with Crippen LogP contribution in [0.3, 0.4) is 0 Å². The molecule has 0 aromatic heterocycles. The Morgan fingerprint density at radius 3 is 2.03 bits per heavy atom. The van der Waals surface area contributed by atoms with Crippen LogP contribution in [0.2, 0.25) is 39.3 Å². The molecule has 0 aliphatic heterocycles. The first-order valence-electron chi connectivity index (χ1n) is 13.6. The minimum atomic E-state index is -1.48. The Kier molecular flexibility index (Phi) is 6.50. The molecular formula is C27H52O2Si2. The molecule has 4 aliphatic carbocycles. The van der Waals surface area contributed by atoms with Crippen molar-refractivity contribution in [3.8, 4) is 0 Å². The Hall–Kier alpha value is 0.354. The van der Waals surface area contributed by atoms with Gasteiger partial charge in [0.2, 0.25) is 0 Å². The van der Waals surface area contributed by atoms with Crippen molar-refractivity contribution in [2.24, 2.45) is 40.4 Å². The minimum absolute atomic E-state index is 0.444. The standard InChI is InChI=1S/C27H52O2Si2/c1-19(28-30(4,5)6)23-12-13-24-22-11-10-20-18-21(29-31(7,8)9)14-16-26(20,2)25(22)15-17-27(23,24)3/h19-25H,10-18H2,1-9H3/t19-,20-,21-,22?,23+,24?,25?,26-,27+/m0/s1. The van der Waals surface area contributed by atoms with E-state index < -0.39 is 16.6 Å². The van der Waals surface area contributed by atoms with Crippen molar-refractivity contribution >= 4 is 16.6 Å². The average molecular weight is 465 g/mol. The fourth-order valence-electron chi connectivity index (χ4n) is 9.28. The molecule has 4 fully saturated rings. The summed E-state index contributed by atoms with van der Waals surface area (Å²) in [6.07, 6.45) is 13.8. The Bertz CT molecular complexity index is 653. The normalized spacial score (nSPS) is 46.7. The summed E-state index contributed by atoms with van der Waals surface area (Å²) in [5, 5.41) is 0. The van der Waals surface area contributed by atoms with E-state index >= 15 is 0 Å². The van der Waals surface area contributed by atoms with Gasteiger partial charge in [0.1, 0.15) is 0 Å². The van der Waals surface area contributed by atoms with Gasteiger partial charge in [-0.05, 0) is 144 Å². The first kappa shape index (κ1) is 24.5. The number of hydrogen-bond donors (Lipinski definition) is 0. The third kappa shape index (κ3) is 4.66. The van der Waals surface area contributed by atoms with Crippen molar-refractivity contribution in [3.05, 3.63) is 0 Å². The maximum absolute atomic E-state index is 6.66. The lowest BCUT2D eigenvalue weighted by atomic mass is 9.44. The lowest BCUT2D eigenvalue weighted by molar-refractivity contribution is -0.129. The second-order valence-corrected chi connectivity index (χ2v) is 23.4. The topological polar surface area (TPSA) is 18.5 Å². The highest BCUT2D eigenvalue weighted by Gasteiger charge is 2.61. The van der Waals surface area contributed by atoms with E-state index in [2.05, 4.69) is 60.1 Å². The Labute approximate surface area is 195 Å². The van der Waals surface area contributed by atoms with Crippen molar-refractivity contribution in [1.29, 1.82) is 0 Å². The van der Waals surface area contributed by atoms with Crippen LogP contribution in [0.25, 0.3) is 0 Å². The Morgan fingerprint density at radius 2 is 1.39 bits per heavy atom. The van der Waals surface area contributed by atoms with E-state index in [9.17, 15) is 0 Å². The van der Waals surface area contributed by atoms with E-state index in [1.807, 2.05) is 0 Å². The van der Waals surface area contributed by atoms with Crippen LogP contribution in [-0.2, 0) is 8.85 Å². The molecule has 9 atom stereocenters. The molecule has 0 bridgehead atoms. The van der Waals surface area contributed by atoms with Crippen LogP contribution >= 0.6 is 0 Å². The minimum Gasteiger partial charge on any atom is -0.415 e. The molecule has 0 amide bonds.